The smallest absolute Gasteiger partial charge is 0.225 e. The second-order valence-electron chi connectivity index (χ2n) is 7.79. The van der Waals surface area contributed by atoms with Crippen molar-refractivity contribution in [2.75, 3.05) is 26.2 Å². The topological polar surface area (TPSA) is 84.7 Å². The lowest BCUT2D eigenvalue weighted by Crippen LogP contribution is -2.46. The molecule has 0 spiro atoms. The molecule has 0 radical (unpaired) electrons. The molecule has 6 nitrogen and oxygen atoms in total. The van der Waals surface area contributed by atoms with Crippen LogP contribution in [0.15, 0.2) is 0 Å². The summed E-state index contributed by atoms with van der Waals surface area (Å²) in [5.41, 5.74) is 6.01. The highest BCUT2D eigenvalue weighted by Gasteiger charge is 2.32. The third-order valence-electron chi connectivity index (χ3n) is 5.31. The van der Waals surface area contributed by atoms with Crippen molar-refractivity contribution in [3.63, 3.8) is 0 Å². The molecule has 0 aromatic rings. The number of carbonyl (C=O) groups is 2. The number of hydrogen-bond acceptors (Lipinski definition) is 4. The molecule has 3 N–H and O–H groups in total. The molecule has 2 aliphatic rings. The van der Waals surface area contributed by atoms with E-state index >= 15 is 0 Å². The monoisotopic (exact) mass is 353 g/mol. The van der Waals surface area contributed by atoms with E-state index in [9.17, 15) is 9.59 Å². The SMILES string of the molecule is CC(C)OCCCNC(=O)C1CCN(C(=O)C2CCCC(N)C2)CC1. The fourth-order valence-corrected chi connectivity index (χ4v) is 3.82. The molecule has 144 valence electrons. The van der Waals surface area contributed by atoms with E-state index in [1.807, 2.05) is 18.7 Å². The second kappa shape index (κ2) is 10.1. The van der Waals surface area contributed by atoms with E-state index in [0.29, 0.717) is 26.2 Å². The summed E-state index contributed by atoms with van der Waals surface area (Å²) < 4.78 is 5.47. The molecule has 2 rings (SSSR count). The van der Waals surface area contributed by atoms with Gasteiger partial charge in [0.2, 0.25) is 11.8 Å². The van der Waals surface area contributed by atoms with E-state index in [1.165, 1.54) is 0 Å². The number of likely N-dealkylation sites (tertiary alicyclic amines) is 1. The van der Waals surface area contributed by atoms with Crippen molar-refractivity contribution in [1.82, 2.24) is 10.2 Å². The molecule has 2 atom stereocenters. The molecule has 1 saturated heterocycles. The Morgan fingerprint density at radius 3 is 2.52 bits per heavy atom. The molecule has 0 aromatic heterocycles. The summed E-state index contributed by atoms with van der Waals surface area (Å²) in [5, 5.41) is 3.00. The minimum atomic E-state index is 0.0312. The first-order chi connectivity index (χ1) is 12.0. The maximum Gasteiger partial charge on any atom is 0.225 e. The summed E-state index contributed by atoms with van der Waals surface area (Å²) in [7, 11) is 0. The van der Waals surface area contributed by atoms with E-state index in [-0.39, 0.29) is 35.8 Å². The van der Waals surface area contributed by atoms with Crippen LogP contribution in [-0.4, -0.2) is 55.1 Å². The zero-order chi connectivity index (χ0) is 18.2. The maximum absolute atomic E-state index is 12.6. The third-order valence-corrected chi connectivity index (χ3v) is 5.31. The van der Waals surface area contributed by atoms with Gasteiger partial charge in [-0.15, -0.1) is 0 Å². The Labute approximate surface area is 151 Å². The van der Waals surface area contributed by atoms with Gasteiger partial charge in [0.15, 0.2) is 0 Å². The fraction of sp³-hybridized carbons (Fsp3) is 0.895. The van der Waals surface area contributed by atoms with Gasteiger partial charge < -0.3 is 20.7 Å². The van der Waals surface area contributed by atoms with Crippen LogP contribution in [0.5, 0.6) is 0 Å². The van der Waals surface area contributed by atoms with Crippen LogP contribution >= 0.6 is 0 Å². The molecule has 0 bridgehead atoms. The highest BCUT2D eigenvalue weighted by Crippen LogP contribution is 2.27. The molecule has 2 unspecified atom stereocenters. The molecule has 1 heterocycles. The first kappa shape index (κ1) is 20.2. The lowest BCUT2D eigenvalue weighted by molar-refractivity contribution is -0.140. The third kappa shape index (κ3) is 6.59. The predicted octanol–water partition coefficient (Wildman–Crippen LogP) is 1.67. The Kier molecular flexibility index (Phi) is 8.16. The van der Waals surface area contributed by atoms with Crippen molar-refractivity contribution in [1.29, 1.82) is 0 Å². The standard InChI is InChI=1S/C19H35N3O3/c1-14(2)25-12-4-9-21-18(23)15-7-10-22(11-8-15)19(24)16-5-3-6-17(20)13-16/h14-17H,3-13,20H2,1-2H3,(H,21,23). The van der Waals surface area contributed by atoms with Gasteiger partial charge >= 0.3 is 0 Å². The Balaban J connectivity index is 1.65. The van der Waals surface area contributed by atoms with Crippen LogP contribution in [0.2, 0.25) is 0 Å². The number of piperidine rings is 1. The van der Waals surface area contributed by atoms with E-state index in [2.05, 4.69) is 5.32 Å². The summed E-state index contributed by atoms with van der Waals surface area (Å²) in [4.78, 5) is 26.8. The average Bonchev–Trinajstić information content (AvgIpc) is 2.60. The molecule has 25 heavy (non-hydrogen) atoms. The molecule has 1 saturated carbocycles. The van der Waals surface area contributed by atoms with Gasteiger partial charge in [-0.1, -0.05) is 6.42 Å². The maximum atomic E-state index is 12.6. The van der Waals surface area contributed by atoms with E-state index in [1.54, 1.807) is 0 Å². The summed E-state index contributed by atoms with van der Waals surface area (Å²) >= 11 is 0. The lowest BCUT2D eigenvalue weighted by Gasteiger charge is -2.35. The minimum Gasteiger partial charge on any atom is -0.379 e. The summed E-state index contributed by atoms with van der Waals surface area (Å²) in [6.07, 6.45) is 6.46. The number of ether oxygens (including phenoxy) is 1. The van der Waals surface area contributed by atoms with Gasteiger partial charge in [0.05, 0.1) is 6.10 Å². The van der Waals surface area contributed by atoms with Gasteiger partial charge in [-0.3, -0.25) is 9.59 Å². The number of amides is 2. The van der Waals surface area contributed by atoms with Crippen molar-refractivity contribution in [2.24, 2.45) is 17.6 Å². The molecule has 1 aliphatic carbocycles. The largest absolute Gasteiger partial charge is 0.379 e. The molecule has 0 aromatic carbocycles. The van der Waals surface area contributed by atoms with Crippen molar-refractivity contribution in [2.45, 2.75) is 70.9 Å². The number of hydrogen-bond donors (Lipinski definition) is 2. The molecule has 2 amide bonds. The highest BCUT2D eigenvalue weighted by molar-refractivity contribution is 5.81. The van der Waals surface area contributed by atoms with Gasteiger partial charge in [0, 0.05) is 44.1 Å². The quantitative estimate of drug-likeness (QED) is 0.682. The second-order valence-corrected chi connectivity index (χ2v) is 7.79. The summed E-state index contributed by atoms with van der Waals surface area (Å²) in [6.45, 7) is 6.74. The molecular weight excluding hydrogens is 318 g/mol. The Bertz CT molecular complexity index is 434. The molecule has 1 aliphatic heterocycles. The molecule has 2 fully saturated rings. The summed E-state index contributed by atoms with van der Waals surface area (Å²) in [6, 6.07) is 0.172. The zero-order valence-corrected chi connectivity index (χ0v) is 15.8. The van der Waals surface area contributed by atoms with Crippen LogP contribution in [0.25, 0.3) is 0 Å². The van der Waals surface area contributed by atoms with Crippen LogP contribution in [0.4, 0.5) is 0 Å². The summed E-state index contributed by atoms with van der Waals surface area (Å²) in [5.74, 6) is 0.495. The minimum absolute atomic E-state index is 0.0312. The number of nitrogens with zero attached hydrogens (tertiary/aromatic N) is 1. The van der Waals surface area contributed by atoms with Crippen molar-refractivity contribution in [3.8, 4) is 0 Å². The van der Waals surface area contributed by atoms with E-state index in [0.717, 1.165) is 44.9 Å². The zero-order valence-electron chi connectivity index (χ0n) is 15.8. The van der Waals surface area contributed by atoms with E-state index in [4.69, 9.17) is 10.5 Å². The fourth-order valence-electron chi connectivity index (χ4n) is 3.82. The van der Waals surface area contributed by atoms with Gasteiger partial charge in [-0.25, -0.2) is 0 Å². The number of nitrogens with one attached hydrogen (secondary N) is 1. The van der Waals surface area contributed by atoms with Crippen LogP contribution in [0, 0.1) is 11.8 Å². The van der Waals surface area contributed by atoms with Gasteiger partial charge in [-0.2, -0.15) is 0 Å². The Hall–Kier alpha value is -1.14. The Morgan fingerprint density at radius 1 is 1.16 bits per heavy atom. The van der Waals surface area contributed by atoms with Crippen molar-refractivity contribution in [3.05, 3.63) is 0 Å². The Morgan fingerprint density at radius 2 is 1.88 bits per heavy atom. The predicted molar refractivity (Wildman–Crippen MR) is 98.0 cm³/mol. The van der Waals surface area contributed by atoms with Crippen LogP contribution < -0.4 is 11.1 Å². The van der Waals surface area contributed by atoms with Crippen LogP contribution in [0.1, 0.15) is 58.8 Å². The number of carbonyl (C=O) groups excluding carboxylic acids is 2. The van der Waals surface area contributed by atoms with Gasteiger partial charge in [0.25, 0.3) is 0 Å². The van der Waals surface area contributed by atoms with Gasteiger partial charge in [-0.05, 0) is 52.4 Å². The van der Waals surface area contributed by atoms with Gasteiger partial charge in [0.1, 0.15) is 0 Å². The van der Waals surface area contributed by atoms with Crippen LogP contribution in [-0.2, 0) is 14.3 Å². The van der Waals surface area contributed by atoms with Crippen molar-refractivity contribution >= 4 is 11.8 Å². The first-order valence-corrected chi connectivity index (χ1v) is 9.91. The average molecular weight is 354 g/mol. The van der Waals surface area contributed by atoms with E-state index < -0.39 is 0 Å². The lowest BCUT2D eigenvalue weighted by atomic mass is 9.84. The molecular formula is C19H35N3O3. The van der Waals surface area contributed by atoms with Crippen LogP contribution in [0.3, 0.4) is 0 Å². The normalized spacial score (nSPS) is 25.2. The molecule has 6 heteroatoms. The number of rotatable bonds is 7. The highest BCUT2D eigenvalue weighted by atomic mass is 16.5. The van der Waals surface area contributed by atoms with Crippen molar-refractivity contribution < 1.29 is 14.3 Å². The first-order valence-electron chi connectivity index (χ1n) is 9.91. The number of nitrogens with two attached hydrogens (primary N) is 1.